The number of rotatable bonds is 10. The van der Waals surface area contributed by atoms with E-state index in [1.807, 2.05) is 7.05 Å². The predicted molar refractivity (Wildman–Crippen MR) is 133 cm³/mol. The van der Waals surface area contributed by atoms with Crippen molar-refractivity contribution in [2.75, 3.05) is 71.0 Å². The minimum absolute atomic E-state index is 0. The van der Waals surface area contributed by atoms with E-state index < -0.39 is 0 Å². The summed E-state index contributed by atoms with van der Waals surface area (Å²) in [5.74, 6) is 3.40. The summed E-state index contributed by atoms with van der Waals surface area (Å²) >= 11 is 2.08. The number of hydrogen-bond donors (Lipinski definition) is 2. The van der Waals surface area contributed by atoms with Gasteiger partial charge in [0.1, 0.15) is 0 Å². The van der Waals surface area contributed by atoms with Crippen LogP contribution in [-0.4, -0.2) is 98.4 Å². The fourth-order valence-corrected chi connectivity index (χ4v) is 5.52. The molecule has 2 heterocycles. The van der Waals surface area contributed by atoms with Gasteiger partial charge in [0.2, 0.25) is 0 Å². The summed E-state index contributed by atoms with van der Waals surface area (Å²) in [6, 6.07) is 0.434. The van der Waals surface area contributed by atoms with E-state index >= 15 is 0 Å². The first-order chi connectivity index (χ1) is 13.1. The minimum Gasteiger partial charge on any atom is -0.379 e. The van der Waals surface area contributed by atoms with Gasteiger partial charge in [-0.15, -0.1) is 24.0 Å². The lowest BCUT2D eigenvalue weighted by Gasteiger charge is -2.43. The molecule has 2 aliphatic heterocycles. The van der Waals surface area contributed by atoms with Gasteiger partial charge >= 0.3 is 0 Å². The predicted octanol–water partition coefficient (Wildman–Crippen LogP) is 2.49. The van der Waals surface area contributed by atoms with Crippen molar-refractivity contribution in [3.8, 4) is 0 Å². The lowest BCUT2D eigenvalue weighted by molar-refractivity contribution is -0.0120. The van der Waals surface area contributed by atoms with Crippen molar-refractivity contribution in [1.29, 1.82) is 0 Å². The van der Waals surface area contributed by atoms with Crippen molar-refractivity contribution in [3.63, 3.8) is 0 Å². The van der Waals surface area contributed by atoms with E-state index in [0.29, 0.717) is 6.04 Å². The number of nitrogens with one attached hydrogen (secondary N) is 2. The Kier molecular flexibility index (Phi) is 13.4. The number of halogens is 1. The highest BCUT2D eigenvalue weighted by Gasteiger charge is 2.40. The third-order valence-electron chi connectivity index (χ3n) is 5.96. The lowest BCUT2D eigenvalue weighted by atomic mass is 9.95. The molecular formula is C20H42IN5OS. The molecule has 2 unspecified atom stereocenters. The molecule has 28 heavy (non-hydrogen) atoms. The van der Waals surface area contributed by atoms with Crippen LogP contribution in [0.15, 0.2) is 4.99 Å². The molecule has 0 aromatic carbocycles. The molecule has 0 aromatic rings. The Hall–Kier alpha value is 0.230. The topological polar surface area (TPSA) is 52.1 Å². The maximum absolute atomic E-state index is 5.57. The van der Waals surface area contributed by atoms with Gasteiger partial charge in [-0.2, -0.15) is 11.8 Å². The Labute approximate surface area is 194 Å². The summed E-state index contributed by atoms with van der Waals surface area (Å²) in [6.07, 6.45) is 3.64. The van der Waals surface area contributed by atoms with Gasteiger partial charge in [-0.05, 0) is 51.6 Å². The van der Waals surface area contributed by atoms with Crippen LogP contribution in [0.2, 0.25) is 0 Å². The fourth-order valence-electron chi connectivity index (χ4n) is 4.04. The van der Waals surface area contributed by atoms with Crippen LogP contribution in [0.4, 0.5) is 0 Å². The molecule has 2 fully saturated rings. The summed E-state index contributed by atoms with van der Waals surface area (Å²) < 4.78 is 5.57. The zero-order valence-corrected chi connectivity index (χ0v) is 21.5. The normalized spacial score (nSPS) is 24.8. The smallest absolute Gasteiger partial charge is 0.191 e. The van der Waals surface area contributed by atoms with Crippen molar-refractivity contribution in [2.24, 2.45) is 4.99 Å². The number of guanidine groups is 1. The number of aliphatic imine (C=N–C) groups is 1. The van der Waals surface area contributed by atoms with Crippen molar-refractivity contribution >= 4 is 41.7 Å². The highest BCUT2D eigenvalue weighted by molar-refractivity contribution is 14.0. The Morgan fingerprint density at radius 1 is 1.29 bits per heavy atom. The van der Waals surface area contributed by atoms with E-state index in [4.69, 9.17) is 4.74 Å². The number of morpholine rings is 1. The first-order valence-electron chi connectivity index (χ1n) is 10.7. The SMILES string of the molecule is CCN(CC)CCCC(C)NC(=NC)NCC1(N2CCOCC2)CCSC1.I. The molecule has 6 nitrogen and oxygen atoms in total. The zero-order valence-electron chi connectivity index (χ0n) is 18.3. The number of nitrogens with zero attached hydrogens (tertiary/aromatic N) is 3. The minimum atomic E-state index is 0. The Morgan fingerprint density at radius 2 is 2.00 bits per heavy atom. The molecular weight excluding hydrogens is 485 g/mol. The monoisotopic (exact) mass is 527 g/mol. The highest BCUT2D eigenvalue weighted by atomic mass is 127. The van der Waals surface area contributed by atoms with Crippen molar-refractivity contribution in [3.05, 3.63) is 0 Å². The fraction of sp³-hybridized carbons (Fsp3) is 0.950. The molecule has 0 aliphatic carbocycles. The average molecular weight is 528 g/mol. The van der Waals surface area contributed by atoms with Gasteiger partial charge in [-0.25, -0.2) is 0 Å². The van der Waals surface area contributed by atoms with Crippen LogP contribution >= 0.6 is 35.7 Å². The van der Waals surface area contributed by atoms with Gasteiger partial charge in [0, 0.05) is 44.0 Å². The Balaban J connectivity index is 0.00000392. The van der Waals surface area contributed by atoms with Gasteiger partial charge in [0.25, 0.3) is 0 Å². The van der Waals surface area contributed by atoms with Crippen LogP contribution in [-0.2, 0) is 4.74 Å². The second-order valence-electron chi connectivity index (χ2n) is 7.77. The molecule has 2 N–H and O–H groups in total. The molecule has 0 amide bonds. The molecule has 2 saturated heterocycles. The van der Waals surface area contributed by atoms with Crippen LogP contribution in [0, 0.1) is 0 Å². The third kappa shape index (κ3) is 8.16. The molecule has 2 atom stereocenters. The molecule has 0 saturated carbocycles. The maximum atomic E-state index is 5.57. The zero-order chi connectivity index (χ0) is 19.5. The number of hydrogen-bond acceptors (Lipinski definition) is 5. The van der Waals surface area contributed by atoms with Gasteiger partial charge in [0.05, 0.1) is 13.2 Å². The molecule has 2 rings (SSSR count). The Morgan fingerprint density at radius 3 is 2.57 bits per heavy atom. The third-order valence-corrected chi connectivity index (χ3v) is 7.20. The average Bonchev–Trinajstić information content (AvgIpc) is 3.19. The van der Waals surface area contributed by atoms with Crippen LogP contribution in [0.5, 0.6) is 0 Å². The van der Waals surface area contributed by atoms with E-state index in [1.165, 1.54) is 37.3 Å². The Bertz CT molecular complexity index is 438. The summed E-state index contributed by atoms with van der Waals surface area (Å²) in [5, 5.41) is 7.23. The van der Waals surface area contributed by atoms with Crippen LogP contribution in [0.3, 0.4) is 0 Å². The molecule has 0 spiro atoms. The second kappa shape index (κ2) is 14.3. The lowest BCUT2D eigenvalue weighted by Crippen LogP contribution is -2.60. The molecule has 166 valence electrons. The molecule has 0 aromatic heterocycles. The molecule has 2 aliphatic rings. The van der Waals surface area contributed by atoms with Gasteiger partial charge in [-0.3, -0.25) is 9.89 Å². The summed E-state index contributed by atoms with van der Waals surface area (Å²) in [4.78, 5) is 9.61. The summed E-state index contributed by atoms with van der Waals surface area (Å²) in [7, 11) is 1.88. The van der Waals surface area contributed by atoms with Gasteiger partial charge < -0.3 is 20.3 Å². The van der Waals surface area contributed by atoms with E-state index in [2.05, 4.69) is 58.0 Å². The van der Waals surface area contributed by atoms with Crippen LogP contribution < -0.4 is 10.6 Å². The maximum Gasteiger partial charge on any atom is 0.191 e. The van der Waals surface area contributed by atoms with Crippen molar-refractivity contribution in [1.82, 2.24) is 20.4 Å². The highest BCUT2D eigenvalue weighted by Crippen LogP contribution is 2.33. The molecule has 0 bridgehead atoms. The van der Waals surface area contributed by atoms with Crippen molar-refractivity contribution in [2.45, 2.75) is 51.6 Å². The van der Waals surface area contributed by atoms with Crippen LogP contribution in [0.1, 0.15) is 40.0 Å². The van der Waals surface area contributed by atoms with Crippen molar-refractivity contribution < 1.29 is 4.74 Å². The standard InChI is InChI=1S/C20H41N5OS.HI/c1-5-24(6-2)10-7-8-18(3)23-19(21-4)22-16-20(9-15-27-17-20)25-11-13-26-14-12-25;/h18H,5-17H2,1-4H3,(H2,21,22,23);1H. The van der Waals surface area contributed by atoms with Gasteiger partial charge in [0.15, 0.2) is 5.96 Å². The van der Waals surface area contributed by atoms with E-state index in [1.54, 1.807) is 0 Å². The first kappa shape index (κ1) is 26.3. The number of thioether (sulfide) groups is 1. The molecule has 8 heteroatoms. The molecule has 0 radical (unpaired) electrons. The quantitative estimate of drug-likeness (QED) is 0.259. The first-order valence-corrected chi connectivity index (χ1v) is 11.9. The second-order valence-corrected chi connectivity index (χ2v) is 8.87. The number of ether oxygens (including phenoxy) is 1. The van der Waals surface area contributed by atoms with E-state index in [0.717, 1.165) is 51.9 Å². The van der Waals surface area contributed by atoms with Crippen LogP contribution in [0.25, 0.3) is 0 Å². The van der Waals surface area contributed by atoms with E-state index in [-0.39, 0.29) is 29.5 Å². The van der Waals surface area contributed by atoms with E-state index in [9.17, 15) is 0 Å². The summed E-state index contributed by atoms with van der Waals surface area (Å²) in [5.41, 5.74) is 0.248. The largest absolute Gasteiger partial charge is 0.379 e. The van der Waals surface area contributed by atoms with Gasteiger partial charge in [-0.1, -0.05) is 13.8 Å². The summed E-state index contributed by atoms with van der Waals surface area (Å²) in [6.45, 7) is 15.0.